The zero-order valence-electron chi connectivity index (χ0n) is 16.7. The van der Waals surface area contributed by atoms with Crippen molar-refractivity contribution in [1.29, 1.82) is 0 Å². The van der Waals surface area contributed by atoms with E-state index in [1.54, 1.807) is 41.9 Å². The van der Waals surface area contributed by atoms with Gasteiger partial charge in [0.1, 0.15) is 11.2 Å². The van der Waals surface area contributed by atoms with Gasteiger partial charge in [0.25, 0.3) is 11.2 Å². The first kappa shape index (κ1) is 19.5. The topological polar surface area (TPSA) is 100 Å². The summed E-state index contributed by atoms with van der Waals surface area (Å²) < 4.78 is 3.18. The fourth-order valence-corrected chi connectivity index (χ4v) is 3.69. The van der Waals surface area contributed by atoms with Crippen LogP contribution in [-0.2, 0) is 13.6 Å². The number of unbranched alkanes of at least 4 members (excludes halogenated alkanes) is 1. The second-order valence-corrected chi connectivity index (χ2v) is 7.16. The number of aromatic nitrogens is 3. The third kappa shape index (κ3) is 3.06. The van der Waals surface area contributed by atoms with Crippen LogP contribution in [0.4, 0.5) is 5.69 Å². The number of nitro benzene ring substituents is 1. The number of para-hydroxylation sites is 1. The van der Waals surface area contributed by atoms with Gasteiger partial charge in [0, 0.05) is 36.7 Å². The van der Waals surface area contributed by atoms with Gasteiger partial charge in [0.2, 0.25) is 5.43 Å². The summed E-state index contributed by atoms with van der Waals surface area (Å²) >= 11 is 0. The van der Waals surface area contributed by atoms with Crippen LogP contribution in [0.2, 0.25) is 0 Å². The monoisotopic (exact) mass is 404 g/mol. The quantitative estimate of drug-likeness (QED) is 0.287. The molecule has 2 aromatic heterocycles. The summed E-state index contributed by atoms with van der Waals surface area (Å²) in [7, 11) is 1.75. The molecule has 0 aliphatic heterocycles. The highest BCUT2D eigenvalue weighted by molar-refractivity contribution is 5.91. The van der Waals surface area contributed by atoms with Crippen molar-refractivity contribution in [2.24, 2.45) is 7.05 Å². The summed E-state index contributed by atoms with van der Waals surface area (Å²) in [6.45, 7) is 2.37. The minimum absolute atomic E-state index is 0.0292. The first-order valence-electron chi connectivity index (χ1n) is 9.71. The van der Waals surface area contributed by atoms with Crippen LogP contribution in [0.5, 0.6) is 0 Å². The lowest BCUT2D eigenvalue weighted by molar-refractivity contribution is -0.384. The highest BCUT2D eigenvalue weighted by Gasteiger charge is 2.20. The Kier molecular flexibility index (Phi) is 4.91. The lowest BCUT2D eigenvalue weighted by Gasteiger charge is -2.16. The summed E-state index contributed by atoms with van der Waals surface area (Å²) in [5, 5.41) is 11.7. The van der Waals surface area contributed by atoms with Gasteiger partial charge in [-0.25, -0.2) is 4.98 Å². The molecule has 0 unspecified atom stereocenters. The number of fused-ring (bicyclic) bond motifs is 2. The predicted octanol–water partition coefficient (Wildman–Crippen LogP) is 3.62. The van der Waals surface area contributed by atoms with Gasteiger partial charge < -0.3 is 4.57 Å². The van der Waals surface area contributed by atoms with E-state index in [0.717, 1.165) is 6.42 Å². The first-order valence-corrected chi connectivity index (χ1v) is 9.71. The predicted molar refractivity (Wildman–Crippen MR) is 116 cm³/mol. The Morgan fingerprint density at radius 3 is 2.60 bits per heavy atom. The number of benzene rings is 2. The van der Waals surface area contributed by atoms with E-state index in [0.29, 0.717) is 35.3 Å². The van der Waals surface area contributed by atoms with Crippen molar-refractivity contribution in [3.05, 3.63) is 79.2 Å². The van der Waals surface area contributed by atoms with Gasteiger partial charge in [0.15, 0.2) is 5.65 Å². The zero-order chi connectivity index (χ0) is 21.4. The lowest BCUT2D eigenvalue weighted by Crippen LogP contribution is -2.29. The second-order valence-electron chi connectivity index (χ2n) is 7.16. The van der Waals surface area contributed by atoms with Crippen LogP contribution in [0.15, 0.2) is 58.1 Å². The van der Waals surface area contributed by atoms with Gasteiger partial charge in [0.05, 0.1) is 10.4 Å². The molecule has 8 nitrogen and oxygen atoms in total. The molecule has 0 spiro atoms. The molecule has 0 radical (unpaired) electrons. The Labute approximate surface area is 171 Å². The standard InChI is InChI=1S/C22H20N4O4/c1-3-4-12-25-20(14-8-7-9-15(13-14)26(29)30)23-21-18(22(25)28)19(27)16-10-5-6-11-17(16)24(21)2/h5-11,13H,3-4,12H2,1-2H3. The summed E-state index contributed by atoms with van der Waals surface area (Å²) in [6.07, 6.45) is 1.55. The van der Waals surface area contributed by atoms with Gasteiger partial charge in [-0.3, -0.25) is 24.3 Å². The number of rotatable bonds is 5. The summed E-state index contributed by atoms with van der Waals surface area (Å²) in [6, 6.07) is 13.1. The molecule has 2 heterocycles. The van der Waals surface area contributed by atoms with Crippen molar-refractivity contribution < 1.29 is 4.92 Å². The number of hydrogen-bond donors (Lipinski definition) is 0. The molecule has 0 saturated heterocycles. The minimum Gasteiger partial charge on any atom is -0.328 e. The smallest absolute Gasteiger partial charge is 0.270 e. The van der Waals surface area contributed by atoms with E-state index in [1.807, 2.05) is 13.0 Å². The molecule has 0 bridgehead atoms. The van der Waals surface area contributed by atoms with Crippen molar-refractivity contribution in [2.45, 2.75) is 26.3 Å². The molecular formula is C22H20N4O4. The molecule has 152 valence electrons. The molecule has 0 saturated carbocycles. The number of nitro groups is 1. The first-order chi connectivity index (χ1) is 14.4. The fourth-order valence-electron chi connectivity index (χ4n) is 3.69. The van der Waals surface area contributed by atoms with Crippen molar-refractivity contribution in [3.63, 3.8) is 0 Å². The Balaban J connectivity index is 2.14. The molecule has 4 rings (SSSR count). The zero-order valence-corrected chi connectivity index (χ0v) is 16.7. The third-order valence-electron chi connectivity index (χ3n) is 5.26. The SMILES string of the molecule is CCCCn1c(-c2cccc([N+](=O)[O-])c2)nc2c(c(=O)c3ccccc3n2C)c1=O. The number of non-ortho nitro benzene ring substituents is 1. The largest absolute Gasteiger partial charge is 0.328 e. The number of hydrogen-bond acceptors (Lipinski definition) is 5. The van der Waals surface area contributed by atoms with E-state index in [4.69, 9.17) is 0 Å². The van der Waals surface area contributed by atoms with Gasteiger partial charge in [-0.2, -0.15) is 0 Å². The Hall–Kier alpha value is -3.81. The summed E-state index contributed by atoms with van der Waals surface area (Å²) in [5.41, 5.74) is 0.515. The summed E-state index contributed by atoms with van der Waals surface area (Å²) in [4.78, 5) is 42.0. The van der Waals surface area contributed by atoms with Crippen LogP contribution < -0.4 is 11.0 Å². The van der Waals surface area contributed by atoms with Crippen molar-refractivity contribution in [3.8, 4) is 11.4 Å². The molecule has 0 aliphatic rings. The van der Waals surface area contributed by atoms with Crippen LogP contribution in [0.3, 0.4) is 0 Å². The highest BCUT2D eigenvalue weighted by Crippen LogP contribution is 2.24. The number of nitrogens with zero attached hydrogens (tertiary/aromatic N) is 4. The normalized spacial score (nSPS) is 11.3. The van der Waals surface area contributed by atoms with Crippen LogP contribution in [-0.4, -0.2) is 19.0 Å². The maximum Gasteiger partial charge on any atom is 0.270 e. The molecule has 0 aliphatic carbocycles. The van der Waals surface area contributed by atoms with Crippen molar-refractivity contribution >= 4 is 27.6 Å². The maximum atomic E-state index is 13.4. The number of pyridine rings is 1. The molecular weight excluding hydrogens is 384 g/mol. The van der Waals surface area contributed by atoms with E-state index < -0.39 is 10.5 Å². The van der Waals surface area contributed by atoms with Crippen LogP contribution in [0, 0.1) is 10.1 Å². The summed E-state index contributed by atoms with van der Waals surface area (Å²) in [5.74, 6) is 0.315. The van der Waals surface area contributed by atoms with E-state index >= 15 is 0 Å². The van der Waals surface area contributed by atoms with Gasteiger partial charge in [-0.1, -0.05) is 37.6 Å². The van der Waals surface area contributed by atoms with Gasteiger partial charge in [-0.05, 0) is 18.6 Å². The minimum atomic E-state index is -0.484. The molecule has 0 N–H and O–H groups in total. The molecule has 0 fully saturated rings. The van der Waals surface area contributed by atoms with Gasteiger partial charge in [-0.15, -0.1) is 0 Å². The Morgan fingerprint density at radius 2 is 1.87 bits per heavy atom. The highest BCUT2D eigenvalue weighted by atomic mass is 16.6. The molecule has 30 heavy (non-hydrogen) atoms. The third-order valence-corrected chi connectivity index (χ3v) is 5.26. The van der Waals surface area contributed by atoms with E-state index in [9.17, 15) is 19.7 Å². The Bertz CT molecular complexity index is 1420. The van der Waals surface area contributed by atoms with Crippen LogP contribution in [0.25, 0.3) is 33.3 Å². The molecule has 0 atom stereocenters. The van der Waals surface area contributed by atoms with E-state index in [1.165, 1.54) is 16.7 Å². The van der Waals surface area contributed by atoms with Crippen LogP contribution in [0.1, 0.15) is 19.8 Å². The van der Waals surface area contributed by atoms with Gasteiger partial charge >= 0.3 is 0 Å². The Morgan fingerprint density at radius 1 is 1.10 bits per heavy atom. The number of aryl methyl sites for hydroxylation is 1. The van der Waals surface area contributed by atoms with E-state index in [2.05, 4.69) is 4.98 Å². The molecule has 2 aromatic carbocycles. The average molecular weight is 404 g/mol. The fraction of sp³-hybridized carbons (Fsp3) is 0.227. The maximum absolute atomic E-state index is 13.4. The van der Waals surface area contributed by atoms with Crippen LogP contribution >= 0.6 is 0 Å². The molecule has 8 heteroatoms. The van der Waals surface area contributed by atoms with E-state index in [-0.39, 0.29) is 22.1 Å². The van der Waals surface area contributed by atoms with Crippen molar-refractivity contribution in [1.82, 2.24) is 14.1 Å². The van der Waals surface area contributed by atoms with Crippen molar-refractivity contribution in [2.75, 3.05) is 0 Å². The molecule has 4 aromatic rings. The average Bonchev–Trinajstić information content (AvgIpc) is 2.76. The second kappa shape index (κ2) is 7.55. The lowest BCUT2D eigenvalue weighted by atomic mass is 10.1. The molecule has 0 amide bonds.